The molecule has 4 fully saturated rings. The van der Waals surface area contributed by atoms with Crippen molar-refractivity contribution in [1.29, 1.82) is 0 Å². The molecular weight excluding hydrogens is 536 g/mol. The molecule has 228 valence electrons. The van der Waals surface area contributed by atoms with Crippen LogP contribution in [-0.2, 0) is 47.7 Å². The van der Waals surface area contributed by atoms with Crippen LogP contribution in [0.3, 0.4) is 0 Å². The van der Waals surface area contributed by atoms with Crippen molar-refractivity contribution in [3.05, 3.63) is 12.2 Å². The van der Waals surface area contributed by atoms with E-state index in [1.165, 1.54) is 34.6 Å². The highest BCUT2D eigenvalue weighted by Crippen LogP contribution is 2.73. The van der Waals surface area contributed by atoms with Gasteiger partial charge in [-0.15, -0.1) is 0 Å². The molecule has 1 spiro atoms. The summed E-state index contributed by atoms with van der Waals surface area (Å²) in [4.78, 5) is 62.6. The van der Waals surface area contributed by atoms with Gasteiger partial charge in [-0.1, -0.05) is 27.4 Å². The molecule has 0 heterocycles. The smallest absolute Gasteiger partial charge is 0.303 e. The van der Waals surface area contributed by atoms with E-state index in [4.69, 9.17) is 23.7 Å². The summed E-state index contributed by atoms with van der Waals surface area (Å²) in [6.45, 7) is 16.1. The van der Waals surface area contributed by atoms with Gasteiger partial charge in [-0.25, -0.2) is 0 Å². The van der Waals surface area contributed by atoms with Crippen molar-refractivity contribution in [2.45, 2.75) is 111 Å². The number of fused-ring (bicyclic) bond motifs is 3. The second-order valence-corrected chi connectivity index (χ2v) is 13.1. The molecule has 0 unspecified atom stereocenters. The number of carbonyl (C=O) groups is 5. The highest BCUT2D eigenvalue weighted by Gasteiger charge is 2.80. The zero-order chi connectivity index (χ0) is 30.8. The normalized spacial score (nSPS) is 42.2. The fourth-order valence-corrected chi connectivity index (χ4v) is 9.35. The fraction of sp³-hybridized carbons (Fsp3) is 0.767. The minimum absolute atomic E-state index is 0.115. The van der Waals surface area contributed by atoms with Gasteiger partial charge in [-0.3, -0.25) is 24.0 Å². The van der Waals surface area contributed by atoms with Crippen LogP contribution < -0.4 is 0 Å². The van der Waals surface area contributed by atoms with E-state index in [-0.39, 0.29) is 12.3 Å². The molecule has 0 radical (unpaired) electrons. The first-order valence-corrected chi connectivity index (χ1v) is 14.1. The van der Waals surface area contributed by atoms with Gasteiger partial charge in [-0.2, -0.15) is 0 Å². The second kappa shape index (κ2) is 10.4. The number of carbonyl (C=O) groups excluding carboxylic acids is 5. The molecule has 4 rings (SSSR count). The zero-order valence-electron chi connectivity index (χ0n) is 25.1. The van der Waals surface area contributed by atoms with Crippen molar-refractivity contribution in [2.75, 3.05) is 0 Å². The highest BCUT2D eigenvalue weighted by molar-refractivity contribution is 5.69. The van der Waals surface area contributed by atoms with Crippen molar-refractivity contribution in [2.24, 2.45) is 34.0 Å². The number of rotatable bonds is 5. The third-order valence-corrected chi connectivity index (χ3v) is 10.2. The SMILES string of the molecule is C=C1[C@@H]2C[C@H](OC(C)=O)[C@H]3[C@]4(C)[C@@H](OC(C)=O)C[C@H](OC(C)=O)C(C)(C)[C@H]4[C@@H](OC(C)=O)[C@H](OC(C)=O)[C@]3(C2)[C@@H]1O. The topological polar surface area (TPSA) is 152 Å². The number of hydrogen-bond donors (Lipinski definition) is 1. The Balaban J connectivity index is 2.09. The molecule has 2 bridgehead atoms. The molecule has 4 aliphatic carbocycles. The maximum atomic E-state index is 12.7. The Hall–Kier alpha value is -2.95. The van der Waals surface area contributed by atoms with Gasteiger partial charge in [0.15, 0.2) is 0 Å². The van der Waals surface area contributed by atoms with Crippen LogP contribution in [0, 0.1) is 34.0 Å². The summed E-state index contributed by atoms with van der Waals surface area (Å²) in [6, 6.07) is 0. The maximum absolute atomic E-state index is 12.7. The van der Waals surface area contributed by atoms with Gasteiger partial charge in [-0.05, 0) is 24.3 Å². The van der Waals surface area contributed by atoms with Gasteiger partial charge in [0.2, 0.25) is 0 Å². The molecule has 1 N–H and O–H groups in total. The summed E-state index contributed by atoms with van der Waals surface area (Å²) in [5, 5.41) is 12.0. The van der Waals surface area contributed by atoms with Gasteiger partial charge in [0.05, 0.1) is 6.10 Å². The van der Waals surface area contributed by atoms with Gasteiger partial charge in [0, 0.05) is 69.1 Å². The zero-order valence-corrected chi connectivity index (χ0v) is 25.1. The van der Waals surface area contributed by atoms with E-state index < -0.39 is 94.6 Å². The lowest BCUT2D eigenvalue weighted by atomic mass is 9.37. The molecule has 0 aromatic rings. The Morgan fingerprint density at radius 2 is 1.24 bits per heavy atom. The number of aliphatic hydroxyl groups excluding tert-OH is 1. The maximum Gasteiger partial charge on any atom is 0.303 e. The number of hydrogen-bond acceptors (Lipinski definition) is 11. The lowest BCUT2D eigenvalue weighted by Crippen LogP contribution is -2.77. The Morgan fingerprint density at radius 1 is 0.732 bits per heavy atom. The molecule has 0 aliphatic heterocycles. The standard InChI is InChI=1S/C30H42O11/c1-13-19-10-20(37-14(2)31)24-29(9)22(39-16(4)33)11-21(38-15(3)32)28(7,8)25(29)23(40-17(5)34)27(41-18(6)35)30(24,12-19)26(13)36/h19-27,36H,1,10-12H2,2-9H3/t19-,20+,21+,22+,23-,24+,25-,26-,27+,29+,30+/m1/s1. The van der Waals surface area contributed by atoms with Crippen LogP contribution in [0.4, 0.5) is 0 Å². The molecular formula is C30H42O11. The van der Waals surface area contributed by atoms with E-state index in [0.29, 0.717) is 18.4 Å². The molecule has 0 amide bonds. The van der Waals surface area contributed by atoms with E-state index in [9.17, 15) is 29.1 Å². The van der Waals surface area contributed by atoms with Gasteiger partial charge >= 0.3 is 29.8 Å². The predicted octanol–water partition coefficient (Wildman–Crippen LogP) is 2.65. The minimum atomic E-state index is -1.29. The van der Waals surface area contributed by atoms with Crippen LogP contribution in [0.2, 0.25) is 0 Å². The van der Waals surface area contributed by atoms with E-state index in [1.807, 2.05) is 20.8 Å². The van der Waals surface area contributed by atoms with E-state index in [0.717, 1.165) is 0 Å². The van der Waals surface area contributed by atoms with Gasteiger partial charge in [0.1, 0.15) is 30.5 Å². The van der Waals surface area contributed by atoms with Crippen LogP contribution in [0.1, 0.15) is 74.7 Å². The van der Waals surface area contributed by atoms with Crippen LogP contribution in [0.5, 0.6) is 0 Å². The third kappa shape index (κ3) is 4.73. The molecule has 0 aromatic carbocycles. The molecule has 11 heteroatoms. The summed E-state index contributed by atoms with van der Waals surface area (Å²) in [5.74, 6) is -4.69. The largest absolute Gasteiger partial charge is 0.462 e. The number of ether oxygens (including phenoxy) is 5. The van der Waals surface area contributed by atoms with Gasteiger partial charge < -0.3 is 28.8 Å². The molecule has 4 saturated carbocycles. The van der Waals surface area contributed by atoms with Crippen molar-refractivity contribution < 1.29 is 52.8 Å². The molecule has 41 heavy (non-hydrogen) atoms. The van der Waals surface area contributed by atoms with Crippen molar-refractivity contribution in [1.82, 2.24) is 0 Å². The van der Waals surface area contributed by atoms with E-state index in [2.05, 4.69) is 6.58 Å². The fourth-order valence-electron chi connectivity index (χ4n) is 9.35. The van der Waals surface area contributed by atoms with Crippen molar-refractivity contribution >= 4 is 29.8 Å². The minimum Gasteiger partial charge on any atom is -0.462 e. The van der Waals surface area contributed by atoms with Crippen LogP contribution >= 0.6 is 0 Å². The average Bonchev–Trinajstić information content (AvgIpc) is 2.99. The molecule has 4 aliphatic rings. The van der Waals surface area contributed by atoms with Crippen LogP contribution in [0.25, 0.3) is 0 Å². The number of aliphatic hydroxyl groups is 1. The summed E-state index contributed by atoms with van der Waals surface area (Å²) in [7, 11) is 0. The first-order valence-electron chi connectivity index (χ1n) is 14.1. The van der Waals surface area contributed by atoms with Crippen LogP contribution in [0.15, 0.2) is 12.2 Å². The van der Waals surface area contributed by atoms with Crippen molar-refractivity contribution in [3.63, 3.8) is 0 Å². The molecule has 11 atom stereocenters. The second-order valence-electron chi connectivity index (χ2n) is 13.1. The highest BCUT2D eigenvalue weighted by atomic mass is 16.6. The first-order chi connectivity index (χ1) is 18.9. The Kier molecular flexibility index (Phi) is 7.86. The first kappa shape index (κ1) is 31.0. The van der Waals surface area contributed by atoms with Crippen molar-refractivity contribution in [3.8, 4) is 0 Å². The summed E-state index contributed by atoms with van der Waals surface area (Å²) >= 11 is 0. The Labute approximate surface area is 240 Å². The third-order valence-electron chi connectivity index (χ3n) is 10.2. The average molecular weight is 579 g/mol. The number of esters is 5. The molecule has 0 aromatic heterocycles. The molecule has 0 saturated heterocycles. The summed E-state index contributed by atoms with van der Waals surface area (Å²) in [5.41, 5.74) is -2.84. The van der Waals surface area contributed by atoms with Crippen LogP contribution in [-0.4, -0.2) is 71.6 Å². The monoisotopic (exact) mass is 578 g/mol. The quantitative estimate of drug-likeness (QED) is 0.291. The molecule has 11 nitrogen and oxygen atoms in total. The van der Waals surface area contributed by atoms with E-state index in [1.54, 1.807) is 0 Å². The lowest BCUT2D eigenvalue weighted by Gasteiger charge is -2.70. The van der Waals surface area contributed by atoms with E-state index >= 15 is 0 Å². The Morgan fingerprint density at radius 3 is 1.76 bits per heavy atom. The Bertz CT molecular complexity index is 1160. The summed E-state index contributed by atoms with van der Waals surface area (Å²) in [6.07, 6.45) is -5.17. The predicted molar refractivity (Wildman–Crippen MR) is 142 cm³/mol. The summed E-state index contributed by atoms with van der Waals surface area (Å²) < 4.78 is 29.8. The van der Waals surface area contributed by atoms with Gasteiger partial charge in [0.25, 0.3) is 0 Å². The lowest BCUT2D eigenvalue weighted by molar-refractivity contribution is -0.325.